The minimum absolute atomic E-state index is 0.265. The molecule has 2 amide bonds. The lowest BCUT2D eigenvalue weighted by Crippen LogP contribution is -2.20. The number of nitrogens with one attached hydrogen (secondary N) is 2. The highest BCUT2D eigenvalue weighted by Gasteiger charge is 2.18. The zero-order valence-electron chi connectivity index (χ0n) is 20.9. The topological polar surface area (TPSA) is 168 Å². The number of amides is 2. The van der Waals surface area contributed by atoms with Crippen molar-refractivity contribution in [1.82, 2.24) is 24.3 Å². The molecule has 0 unspecified atom stereocenters. The number of ether oxygens (including phenoxy) is 1. The summed E-state index contributed by atoms with van der Waals surface area (Å²) in [4.78, 5) is 33.5. The second-order valence-corrected chi connectivity index (χ2v) is 8.19. The molecule has 12 nitrogen and oxygen atoms in total. The Hall–Kier alpha value is -4.87. The first-order chi connectivity index (χ1) is 17.8. The molecule has 0 aliphatic rings. The van der Waals surface area contributed by atoms with Crippen LogP contribution in [0.5, 0.6) is 5.75 Å². The van der Waals surface area contributed by atoms with Crippen molar-refractivity contribution in [2.75, 3.05) is 30.0 Å². The average Bonchev–Trinajstić information content (AvgIpc) is 3.43. The Kier molecular flexibility index (Phi) is 7.37. The van der Waals surface area contributed by atoms with E-state index in [0.717, 1.165) is 5.69 Å². The maximum atomic E-state index is 13.0. The van der Waals surface area contributed by atoms with Gasteiger partial charge >= 0.3 is 0 Å². The summed E-state index contributed by atoms with van der Waals surface area (Å²) < 4.78 is 8.82. The Morgan fingerprint density at radius 1 is 1.22 bits per heavy atom. The van der Waals surface area contributed by atoms with E-state index in [4.69, 9.17) is 16.2 Å². The fourth-order valence-corrected chi connectivity index (χ4v) is 3.92. The number of fused-ring (bicyclic) bond motifs is 1. The molecule has 192 valence electrons. The number of nitrogens with two attached hydrogens (primary N) is 2. The molecule has 0 bridgehead atoms. The number of pyridine rings is 1. The molecule has 0 saturated carbocycles. The van der Waals surface area contributed by atoms with Crippen LogP contribution in [0, 0.1) is 6.92 Å². The number of methoxy groups -OCH3 is 1. The van der Waals surface area contributed by atoms with E-state index in [-0.39, 0.29) is 11.5 Å². The van der Waals surface area contributed by atoms with Gasteiger partial charge in [-0.15, -0.1) is 0 Å². The highest BCUT2D eigenvalue weighted by atomic mass is 16.5. The quantitative estimate of drug-likeness (QED) is 0.189. The van der Waals surface area contributed by atoms with Gasteiger partial charge in [-0.2, -0.15) is 5.10 Å². The number of primary amides is 1. The number of hydrogen-bond acceptors (Lipinski definition) is 8. The first-order valence-corrected chi connectivity index (χ1v) is 11.7. The summed E-state index contributed by atoms with van der Waals surface area (Å²) in [6.07, 6.45) is 5.49. The highest BCUT2D eigenvalue weighted by Crippen LogP contribution is 2.32. The van der Waals surface area contributed by atoms with Crippen LogP contribution in [0.15, 0.2) is 48.7 Å². The molecule has 12 heteroatoms. The van der Waals surface area contributed by atoms with Crippen LogP contribution in [0.2, 0.25) is 0 Å². The molecular weight excluding hydrogens is 474 g/mol. The van der Waals surface area contributed by atoms with Crippen LogP contribution >= 0.6 is 0 Å². The van der Waals surface area contributed by atoms with E-state index in [1.54, 1.807) is 23.0 Å². The molecule has 37 heavy (non-hydrogen) atoms. The Morgan fingerprint density at radius 2 is 2.03 bits per heavy atom. The molecule has 0 atom stereocenters. The van der Waals surface area contributed by atoms with E-state index >= 15 is 0 Å². The number of anilines is 3. The molecular formula is C25H29N9O3. The lowest BCUT2D eigenvalue weighted by atomic mass is 10.1. The van der Waals surface area contributed by atoms with Crippen LogP contribution in [-0.2, 0) is 13.1 Å². The largest absolute Gasteiger partial charge is 0.494 e. The molecule has 0 aliphatic carbocycles. The predicted octanol–water partition coefficient (Wildman–Crippen LogP) is 2.57. The first-order valence-electron chi connectivity index (χ1n) is 11.7. The van der Waals surface area contributed by atoms with E-state index in [1.807, 2.05) is 36.6 Å². The third kappa shape index (κ3) is 5.37. The number of carbonyl (C=O) groups excluding carboxylic acids is 2. The summed E-state index contributed by atoms with van der Waals surface area (Å²) in [5.74, 6) is -0.0919. The van der Waals surface area contributed by atoms with E-state index in [2.05, 4.69) is 25.7 Å². The third-order valence-electron chi connectivity index (χ3n) is 5.65. The minimum Gasteiger partial charge on any atom is -0.494 e. The Bertz CT molecular complexity index is 1490. The number of carbonyl (C=O) groups is 2. The van der Waals surface area contributed by atoms with Crippen LogP contribution in [0.1, 0.15) is 33.5 Å². The van der Waals surface area contributed by atoms with Crippen molar-refractivity contribution in [2.45, 2.75) is 26.9 Å². The van der Waals surface area contributed by atoms with Crippen molar-refractivity contribution in [3.8, 4) is 5.75 Å². The average molecular weight is 504 g/mol. The van der Waals surface area contributed by atoms with Gasteiger partial charge in [-0.05, 0) is 44.2 Å². The molecule has 0 saturated heterocycles. The van der Waals surface area contributed by atoms with Crippen LogP contribution in [0.25, 0.3) is 11.2 Å². The summed E-state index contributed by atoms with van der Waals surface area (Å²) in [6.45, 7) is 5.18. The smallest absolute Gasteiger partial charge is 0.276 e. The molecule has 0 radical (unpaired) electrons. The van der Waals surface area contributed by atoms with Gasteiger partial charge in [-0.3, -0.25) is 24.2 Å². The maximum Gasteiger partial charge on any atom is 0.276 e. The van der Waals surface area contributed by atoms with Gasteiger partial charge < -0.3 is 21.5 Å². The van der Waals surface area contributed by atoms with Gasteiger partial charge in [0.2, 0.25) is 11.9 Å². The monoisotopic (exact) mass is 503 g/mol. The van der Waals surface area contributed by atoms with Gasteiger partial charge in [0.25, 0.3) is 5.91 Å². The zero-order chi connectivity index (χ0) is 26.5. The molecule has 4 aromatic rings. The fourth-order valence-electron chi connectivity index (χ4n) is 3.92. The minimum atomic E-state index is -0.588. The number of allylic oxidation sites excluding steroid dienone is 1. The Labute approximate surface area is 213 Å². The molecule has 0 spiro atoms. The first kappa shape index (κ1) is 25.2. The van der Waals surface area contributed by atoms with Gasteiger partial charge in [0, 0.05) is 31.4 Å². The molecule has 3 heterocycles. The third-order valence-corrected chi connectivity index (χ3v) is 5.65. The van der Waals surface area contributed by atoms with Crippen molar-refractivity contribution in [3.63, 3.8) is 0 Å². The number of rotatable bonds is 10. The van der Waals surface area contributed by atoms with Crippen molar-refractivity contribution < 1.29 is 14.3 Å². The van der Waals surface area contributed by atoms with Crippen LogP contribution in [0.3, 0.4) is 0 Å². The molecule has 0 fully saturated rings. The number of aromatic nitrogens is 5. The number of nitrogens with zero attached hydrogens (tertiary/aromatic N) is 5. The van der Waals surface area contributed by atoms with Gasteiger partial charge in [0.1, 0.15) is 22.6 Å². The fraction of sp³-hybridized carbons (Fsp3) is 0.240. The lowest BCUT2D eigenvalue weighted by molar-refractivity contribution is 0.0995. The normalized spacial score (nSPS) is 11.2. The van der Waals surface area contributed by atoms with Crippen molar-refractivity contribution in [1.29, 1.82) is 0 Å². The number of hydrogen-bond donors (Lipinski definition) is 4. The molecule has 0 aliphatic heterocycles. The van der Waals surface area contributed by atoms with Crippen molar-refractivity contribution in [3.05, 3.63) is 65.6 Å². The molecule has 3 aromatic heterocycles. The van der Waals surface area contributed by atoms with E-state index in [9.17, 15) is 9.59 Å². The number of benzene rings is 1. The summed E-state index contributed by atoms with van der Waals surface area (Å²) in [6, 6.07) is 8.41. The maximum absolute atomic E-state index is 13.0. The highest BCUT2D eigenvalue weighted by molar-refractivity contribution is 6.03. The summed E-state index contributed by atoms with van der Waals surface area (Å²) in [5.41, 5.74) is 15.1. The van der Waals surface area contributed by atoms with Crippen LogP contribution < -0.4 is 26.8 Å². The molecule has 1 aromatic carbocycles. The second-order valence-electron chi connectivity index (χ2n) is 8.19. The number of aryl methyl sites for hydroxylation is 2. The van der Waals surface area contributed by atoms with Crippen LogP contribution in [-0.4, -0.2) is 49.8 Å². The zero-order valence-corrected chi connectivity index (χ0v) is 20.9. The predicted molar refractivity (Wildman–Crippen MR) is 142 cm³/mol. The van der Waals surface area contributed by atoms with Gasteiger partial charge in [-0.1, -0.05) is 12.2 Å². The van der Waals surface area contributed by atoms with Crippen molar-refractivity contribution >= 4 is 40.3 Å². The Balaban J connectivity index is 1.50. The molecule has 4 rings (SSSR count). The number of imidazole rings is 1. The molecule has 6 N–H and O–H groups in total. The van der Waals surface area contributed by atoms with E-state index in [1.165, 1.54) is 19.2 Å². The summed E-state index contributed by atoms with van der Waals surface area (Å²) in [7, 11) is 1.49. The Morgan fingerprint density at radius 3 is 2.76 bits per heavy atom. The standard InChI is InChI=1S/C25H29N9O3/c1-4-34-19(12-15(2)32-34)24(36)31-25-30-18-8-7-10-29-23(18)33(25)11-6-5-9-28-21-17(26)13-16(22(27)35)14-20(21)37-3/h5-8,10,12-14,28H,4,9,11,26H2,1-3H3,(H2,27,35)(H,30,31,36). The summed E-state index contributed by atoms with van der Waals surface area (Å²) >= 11 is 0. The lowest BCUT2D eigenvalue weighted by Gasteiger charge is -2.14. The van der Waals surface area contributed by atoms with Gasteiger partial charge in [0.15, 0.2) is 5.65 Å². The van der Waals surface area contributed by atoms with Gasteiger partial charge in [-0.25, -0.2) is 9.97 Å². The number of nitrogen functional groups attached to an aromatic ring is 1. The van der Waals surface area contributed by atoms with Gasteiger partial charge in [0.05, 0.1) is 18.5 Å². The SMILES string of the molecule is CCn1nc(C)cc1C(=O)Nc1nc2cccnc2n1CC=CCNc1c(N)cc(C(N)=O)cc1OC. The van der Waals surface area contributed by atoms with E-state index < -0.39 is 5.91 Å². The second kappa shape index (κ2) is 10.8. The van der Waals surface area contributed by atoms with Crippen LogP contribution in [0.4, 0.5) is 17.3 Å². The van der Waals surface area contributed by atoms with E-state index in [0.29, 0.717) is 59.6 Å². The summed E-state index contributed by atoms with van der Waals surface area (Å²) in [5, 5.41) is 10.4. The van der Waals surface area contributed by atoms with Crippen molar-refractivity contribution in [2.24, 2.45) is 5.73 Å².